The molecule has 0 aliphatic carbocycles. The number of nitrogens with one attached hydrogen (secondary N) is 1. The van der Waals surface area contributed by atoms with Crippen molar-refractivity contribution >= 4 is 29.5 Å². The Morgan fingerprint density at radius 3 is 2.22 bits per heavy atom. The third-order valence-corrected chi connectivity index (χ3v) is 8.27. The minimum atomic E-state index is -5.03. The summed E-state index contributed by atoms with van der Waals surface area (Å²) in [5, 5.41) is 7.81. The molecule has 1 aliphatic heterocycles. The van der Waals surface area contributed by atoms with Gasteiger partial charge in [0, 0.05) is 38.7 Å². The summed E-state index contributed by atoms with van der Waals surface area (Å²) in [4.78, 5) is 37.8. The fourth-order valence-corrected chi connectivity index (χ4v) is 6.11. The van der Waals surface area contributed by atoms with Crippen molar-refractivity contribution in [3.8, 4) is 0 Å². The van der Waals surface area contributed by atoms with Gasteiger partial charge in [-0.05, 0) is 71.2 Å². The van der Waals surface area contributed by atoms with Gasteiger partial charge in [-0.15, -0.1) is 0 Å². The lowest BCUT2D eigenvalue weighted by Gasteiger charge is -2.38. The molecule has 1 aliphatic rings. The molecule has 0 radical (unpaired) electrons. The highest BCUT2D eigenvalue weighted by Crippen LogP contribution is 2.42. The van der Waals surface area contributed by atoms with E-state index >= 15 is 0 Å². The highest BCUT2D eigenvalue weighted by Gasteiger charge is 2.41. The molecule has 1 amide bonds. The molecule has 3 aromatic rings. The van der Waals surface area contributed by atoms with Gasteiger partial charge in [0.15, 0.2) is 0 Å². The standard InChI is InChI=1S/C34H43F6N7O4/c1-9-23-17-25(28-19(3)44-46(8)29(28)47(23)31(49)50-10-2)43-30-41-18-26(45(7)12-11-27(48)51-32(4,5)6)24(42-30)15-20-13-21(33(35,36)37)16-22(14-20)34(38,39)40/h13-14,16,18,23,25H,9-12,15,17H2,1-8H3,(H,41,42,43). The van der Waals surface area contributed by atoms with Crippen molar-refractivity contribution in [3.63, 3.8) is 0 Å². The third-order valence-electron chi connectivity index (χ3n) is 8.27. The van der Waals surface area contributed by atoms with E-state index in [1.807, 2.05) is 6.92 Å². The first-order valence-corrected chi connectivity index (χ1v) is 16.5. The molecular formula is C34H43F6N7O4. The van der Waals surface area contributed by atoms with Gasteiger partial charge in [-0.3, -0.25) is 14.4 Å². The average molecular weight is 728 g/mol. The predicted octanol–water partition coefficient (Wildman–Crippen LogP) is 7.61. The van der Waals surface area contributed by atoms with Crippen molar-refractivity contribution in [2.75, 3.05) is 35.3 Å². The van der Waals surface area contributed by atoms with Gasteiger partial charge in [-0.25, -0.2) is 14.8 Å². The molecule has 3 heterocycles. The zero-order valence-corrected chi connectivity index (χ0v) is 29.8. The van der Waals surface area contributed by atoms with Gasteiger partial charge >= 0.3 is 24.4 Å². The Labute approximate surface area is 292 Å². The number of ether oxygens (including phenoxy) is 2. The SMILES string of the molecule is CCOC(=O)N1c2c(c(C)nn2C)C(Nc2ncc(N(C)CCC(=O)OC(C)(C)C)c(Cc3cc(C(F)(F)F)cc(C(F)(F)F)c3)n2)CC1CC. The number of aromatic nitrogens is 4. The molecule has 2 aromatic heterocycles. The molecule has 2 unspecified atom stereocenters. The number of esters is 1. The van der Waals surface area contributed by atoms with Crippen LogP contribution < -0.4 is 15.1 Å². The highest BCUT2D eigenvalue weighted by molar-refractivity contribution is 5.89. The van der Waals surface area contributed by atoms with E-state index < -0.39 is 53.6 Å². The number of alkyl halides is 6. The smallest absolute Gasteiger partial charge is 0.416 e. The number of carbonyl (C=O) groups excluding carboxylic acids is 2. The van der Waals surface area contributed by atoms with E-state index in [1.165, 1.54) is 6.20 Å². The number of benzene rings is 1. The van der Waals surface area contributed by atoms with E-state index in [2.05, 4.69) is 20.4 Å². The van der Waals surface area contributed by atoms with Gasteiger partial charge in [0.25, 0.3) is 0 Å². The molecule has 1 N–H and O–H groups in total. The average Bonchev–Trinajstić information content (AvgIpc) is 3.31. The van der Waals surface area contributed by atoms with Crippen molar-refractivity contribution in [2.45, 2.75) is 97.3 Å². The second kappa shape index (κ2) is 15.0. The highest BCUT2D eigenvalue weighted by atomic mass is 19.4. The maximum atomic E-state index is 13.7. The fraction of sp³-hybridized carbons (Fsp3) is 0.559. The molecule has 11 nitrogen and oxygen atoms in total. The molecule has 2 atom stereocenters. The van der Waals surface area contributed by atoms with E-state index in [0.717, 1.165) is 0 Å². The van der Waals surface area contributed by atoms with Crippen molar-refractivity contribution in [1.82, 2.24) is 19.7 Å². The summed E-state index contributed by atoms with van der Waals surface area (Å²) in [7, 11) is 3.31. The summed E-state index contributed by atoms with van der Waals surface area (Å²) in [6.45, 7) is 10.8. The molecule has 0 fully saturated rings. The second-order valence-corrected chi connectivity index (χ2v) is 13.4. The zero-order valence-electron chi connectivity index (χ0n) is 29.8. The zero-order chi connectivity index (χ0) is 38.1. The first-order valence-electron chi connectivity index (χ1n) is 16.5. The fourth-order valence-electron chi connectivity index (χ4n) is 6.11. The van der Waals surface area contributed by atoms with Crippen LogP contribution in [0.3, 0.4) is 0 Å². The summed E-state index contributed by atoms with van der Waals surface area (Å²) in [6.07, 6.45) is -8.71. The van der Waals surface area contributed by atoms with E-state index in [-0.39, 0.29) is 54.6 Å². The van der Waals surface area contributed by atoms with Crippen LogP contribution in [0.5, 0.6) is 0 Å². The van der Waals surface area contributed by atoms with Crippen molar-refractivity contribution in [3.05, 3.63) is 58.0 Å². The van der Waals surface area contributed by atoms with Crippen LogP contribution in [0.4, 0.5) is 48.6 Å². The minimum absolute atomic E-state index is 0.0518. The Hall–Kier alpha value is -4.57. The Morgan fingerprint density at radius 2 is 1.67 bits per heavy atom. The first kappa shape index (κ1) is 39.2. The largest absolute Gasteiger partial charge is 0.460 e. The molecule has 1 aromatic carbocycles. The molecule has 0 saturated carbocycles. The Kier molecular flexibility index (Phi) is 11.5. The number of rotatable bonds is 10. The number of nitrogens with zero attached hydrogens (tertiary/aromatic N) is 6. The van der Waals surface area contributed by atoms with Crippen molar-refractivity contribution in [2.24, 2.45) is 7.05 Å². The third kappa shape index (κ3) is 9.41. The quantitative estimate of drug-likeness (QED) is 0.167. The Balaban J connectivity index is 1.77. The van der Waals surface area contributed by atoms with Crippen molar-refractivity contribution in [1.29, 1.82) is 0 Å². The molecule has 51 heavy (non-hydrogen) atoms. The topological polar surface area (TPSA) is 115 Å². The van der Waals surface area contributed by atoms with Gasteiger partial charge in [0.05, 0.1) is 53.5 Å². The number of hydrogen-bond donors (Lipinski definition) is 1. The lowest BCUT2D eigenvalue weighted by molar-refractivity contribution is -0.154. The van der Waals surface area contributed by atoms with Crippen LogP contribution in [0.25, 0.3) is 0 Å². The van der Waals surface area contributed by atoms with Gasteiger partial charge in [0.1, 0.15) is 11.4 Å². The molecule has 0 saturated heterocycles. The van der Waals surface area contributed by atoms with Gasteiger partial charge in [-0.1, -0.05) is 6.92 Å². The maximum Gasteiger partial charge on any atom is 0.416 e. The van der Waals surface area contributed by atoms with Crippen LogP contribution in [0, 0.1) is 6.92 Å². The van der Waals surface area contributed by atoms with E-state index in [9.17, 15) is 35.9 Å². The number of halogens is 6. The van der Waals surface area contributed by atoms with Crippen LogP contribution in [-0.4, -0.2) is 63.7 Å². The summed E-state index contributed by atoms with van der Waals surface area (Å²) in [6, 6.07) is 0.616. The van der Waals surface area contributed by atoms with Crippen LogP contribution in [-0.2, 0) is 40.1 Å². The number of fused-ring (bicyclic) bond motifs is 1. The summed E-state index contributed by atoms with van der Waals surface area (Å²) >= 11 is 0. The molecule has 280 valence electrons. The van der Waals surface area contributed by atoms with Crippen molar-refractivity contribution < 1.29 is 45.4 Å². The van der Waals surface area contributed by atoms with Crippen LogP contribution in [0.1, 0.15) is 93.6 Å². The van der Waals surface area contributed by atoms with Gasteiger partial charge in [-0.2, -0.15) is 31.4 Å². The molecule has 0 spiro atoms. The number of aryl methyl sites for hydroxylation is 2. The Morgan fingerprint density at radius 1 is 1.04 bits per heavy atom. The number of anilines is 3. The maximum absolute atomic E-state index is 13.7. The number of amides is 1. The summed E-state index contributed by atoms with van der Waals surface area (Å²) in [5.74, 6) is 0.0740. The van der Waals surface area contributed by atoms with Gasteiger partial charge in [0.2, 0.25) is 5.95 Å². The van der Waals surface area contributed by atoms with E-state index in [4.69, 9.17) is 9.47 Å². The van der Waals surface area contributed by atoms with Crippen LogP contribution in [0.15, 0.2) is 24.4 Å². The first-order chi connectivity index (χ1) is 23.6. The minimum Gasteiger partial charge on any atom is -0.460 e. The summed E-state index contributed by atoms with van der Waals surface area (Å²) < 4.78 is 94.8. The summed E-state index contributed by atoms with van der Waals surface area (Å²) in [5.41, 5.74) is -2.18. The normalized spacial score (nSPS) is 16.5. The lowest BCUT2D eigenvalue weighted by Crippen LogP contribution is -2.46. The predicted molar refractivity (Wildman–Crippen MR) is 178 cm³/mol. The second-order valence-electron chi connectivity index (χ2n) is 13.4. The van der Waals surface area contributed by atoms with Gasteiger partial charge < -0.3 is 19.7 Å². The monoisotopic (exact) mass is 727 g/mol. The van der Waals surface area contributed by atoms with E-state index in [0.29, 0.717) is 42.0 Å². The Bertz CT molecular complexity index is 1700. The molecule has 17 heteroatoms. The molecular weight excluding hydrogens is 684 g/mol. The number of carbonyl (C=O) groups is 2. The lowest BCUT2D eigenvalue weighted by atomic mass is 9.92. The molecule has 4 rings (SSSR count). The van der Waals surface area contributed by atoms with E-state index in [1.54, 1.807) is 63.2 Å². The molecule has 0 bridgehead atoms. The number of hydrogen-bond acceptors (Lipinski definition) is 9. The van der Waals surface area contributed by atoms with Crippen LogP contribution >= 0.6 is 0 Å². The van der Waals surface area contributed by atoms with Crippen LogP contribution in [0.2, 0.25) is 0 Å².